The third kappa shape index (κ3) is 4.88. The predicted molar refractivity (Wildman–Crippen MR) is 81.3 cm³/mol. The van der Waals surface area contributed by atoms with Gasteiger partial charge < -0.3 is 5.32 Å². The second kappa shape index (κ2) is 6.37. The minimum absolute atomic E-state index is 0.163. The van der Waals surface area contributed by atoms with Crippen molar-refractivity contribution in [2.24, 2.45) is 0 Å². The Morgan fingerprint density at radius 3 is 2.72 bits per heavy atom. The van der Waals surface area contributed by atoms with Crippen molar-refractivity contribution in [3.63, 3.8) is 0 Å². The summed E-state index contributed by atoms with van der Waals surface area (Å²) in [5, 5.41) is 6.90. The van der Waals surface area contributed by atoms with E-state index in [0.717, 1.165) is 13.1 Å². The van der Waals surface area contributed by atoms with E-state index in [2.05, 4.69) is 48.1 Å². The minimum atomic E-state index is 0.163. The van der Waals surface area contributed by atoms with Crippen molar-refractivity contribution < 1.29 is 0 Å². The molecule has 0 atom stereocenters. The Bertz CT molecular complexity index is 365. The van der Waals surface area contributed by atoms with E-state index in [9.17, 15) is 0 Å². The molecule has 1 N–H and O–H groups in total. The van der Waals surface area contributed by atoms with Crippen molar-refractivity contribution >= 4 is 23.1 Å². The maximum Gasteiger partial charge on any atom is 0.107 e. The predicted octanol–water partition coefficient (Wildman–Crippen LogP) is 2.58. The lowest BCUT2D eigenvalue weighted by molar-refractivity contribution is 0.291. The molecule has 0 spiro atoms. The normalized spacial score (nSPS) is 18.2. The third-order valence-electron chi connectivity index (χ3n) is 2.86. The van der Waals surface area contributed by atoms with Crippen LogP contribution in [0.15, 0.2) is 5.38 Å². The van der Waals surface area contributed by atoms with Gasteiger partial charge in [-0.1, -0.05) is 0 Å². The molecular weight excluding hydrogens is 262 g/mol. The summed E-state index contributed by atoms with van der Waals surface area (Å²) in [6.07, 6.45) is 0. The van der Waals surface area contributed by atoms with Gasteiger partial charge in [0, 0.05) is 48.6 Å². The van der Waals surface area contributed by atoms with Crippen molar-refractivity contribution in [1.29, 1.82) is 0 Å². The molecule has 1 aliphatic rings. The Morgan fingerprint density at radius 2 is 2.06 bits per heavy atom. The van der Waals surface area contributed by atoms with Gasteiger partial charge in [0.15, 0.2) is 0 Å². The van der Waals surface area contributed by atoms with Crippen molar-refractivity contribution in [3.8, 4) is 0 Å². The van der Waals surface area contributed by atoms with E-state index < -0.39 is 0 Å². The molecule has 102 valence electrons. The van der Waals surface area contributed by atoms with Gasteiger partial charge in [-0.3, -0.25) is 4.90 Å². The molecule has 3 nitrogen and oxygen atoms in total. The van der Waals surface area contributed by atoms with Crippen LogP contribution in [0, 0.1) is 0 Å². The summed E-state index contributed by atoms with van der Waals surface area (Å²) in [5.41, 5.74) is 1.40. The summed E-state index contributed by atoms with van der Waals surface area (Å²) < 4.78 is 0. The lowest BCUT2D eigenvalue weighted by Gasteiger charge is -2.25. The van der Waals surface area contributed by atoms with Crippen LogP contribution in [-0.4, -0.2) is 40.0 Å². The first-order valence-electron chi connectivity index (χ1n) is 6.51. The molecule has 2 rings (SSSR count). The third-order valence-corrected chi connectivity index (χ3v) is 4.70. The number of aromatic nitrogens is 1. The fourth-order valence-electron chi connectivity index (χ4n) is 1.83. The maximum atomic E-state index is 4.71. The van der Waals surface area contributed by atoms with Gasteiger partial charge in [0.2, 0.25) is 0 Å². The fourth-order valence-corrected chi connectivity index (χ4v) is 3.54. The number of thiazole rings is 1. The van der Waals surface area contributed by atoms with Gasteiger partial charge in [-0.05, 0) is 20.8 Å². The quantitative estimate of drug-likeness (QED) is 0.920. The number of rotatable bonds is 4. The van der Waals surface area contributed by atoms with Crippen LogP contribution in [0.5, 0.6) is 0 Å². The molecule has 0 unspecified atom stereocenters. The van der Waals surface area contributed by atoms with E-state index in [1.54, 1.807) is 11.3 Å². The largest absolute Gasteiger partial charge is 0.306 e. The molecule has 1 aromatic heterocycles. The molecule has 0 bridgehead atoms. The number of nitrogens with zero attached hydrogens (tertiary/aromatic N) is 2. The number of thioether (sulfide) groups is 1. The zero-order valence-electron chi connectivity index (χ0n) is 11.5. The number of hydrogen-bond acceptors (Lipinski definition) is 5. The Morgan fingerprint density at radius 1 is 1.33 bits per heavy atom. The summed E-state index contributed by atoms with van der Waals surface area (Å²) in [7, 11) is 0. The lowest BCUT2D eigenvalue weighted by atomic mass is 10.1. The lowest BCUT2D eigenvalue weighted by Crippen LogP contribution is -2.35. The van der Waals surface area contributed by atoms with Crippen molar-refractivity contribution in [1.82, 2.24) is 15.2 Å². The molecule has 0 radical (unpaired) electrons. The molecule has 1 aromatic rings. The van der Waals surface area contributed by atoms with Gasteiger partial charge in [-0.25, -0.2) is 4.98 Å². The molecule has 0 aliphatic carbocycles. The second-order valence-electron chi connectivity index (χ2n) is 5.72. The van der Waals surface area contributed by atoms with Crippen LogP contribution in [0.2, 0.25) is 0 Å². The molecule has 1 saturated heterocycles. The van der Waals surface area contributed by atoms with Gasteiger partial charge >= 0.3 is 0 Å². The van der Waals surface area contributed by atoms with Gasteiger partial charge in [-0.2, -0.15) is 11.8 Å². The summed E-state index contributed by atoms with van der Waals surface area (Å²) in [6, 6.07) is 0. The Labute approximate surface area is 118 Å². The maximum absolute atomic E-state index is 4.71. The average Bonchev–Trinajstić information content (AvgIpc) is 2.75. The highest BCUT2D eigenvalue weighted by molar-refractivity contribution is 7.99. The molecule has 0 aromatic carbocycles. The highest BCUT2D eigenvalue weighted by atomic mass is 32.2. The Hall–Kier alpha value is -0.100. The van der Waals surface area contributed by atoms with E-state index in [1.807, 2.05) is 0 Å². The van der Waals surface area contributed by atoms with Gasteiger partial charge in [0.25, 0.3) is 0 Å². The topological polar surface area (TPSA) is 28.2 Å². The molecule has 0 amide bonds. The van der Waals surface area contributed by atoms with E-state index >= 15 is 0 Å². The Balaban J connectivity index is 1.82. The number of nitrogens with one attached hydrogen (secondary N) is 1. The van der Waals surface area contributed by atoms with E-state index in [-0.39, 0.29) is 5.54 Å². The highest BCUT2D eigenvalue weighted by Gasteiger charge is 2.13. The van der Waals surface area contributed by atoms with Crippen LogP contribution in [0.25, 0.3) is 0 Å². The van der Waals surface area contributed by atoms with Gasteiger partial charge in [0.05, 0.1) is 5.69 Å². The van der Waals surface area contributed by atoms with Crippen LogP contribution < -0.4 is 5.32 Å². The standard InChI is InChI=1S/C13H23N3S2/c1-13(2,3)14-8-12-15-11(10-18-12)9-16-4-6-17-7-5-16/h10,14H,4-9H2,1-3H3. The first-order chi connectivity index (χ1) is 8.53. The van der Waals surface area contributed by atoms with Crippen LogP contribution in [0.4, 0.5) is 0 Å². The molecule has 1 fully saturated rings. The van der Waals surface area contributed by atoms with Gasteiger partial charge in [0.1, 0.15) is 5.01 Å². The first-order valence-corrected chi connectivity index (χ1v) is 8.55. The Kier molecular flexibility index (Phi) is 5.06. The van der Waals surface area contributed by atoms with Crippen LogP contribution in [0.1, 0.15) is 31.5 Å². The molecule has 1 aliphatic heterocycles. The zero-order chi connectivity index (χ0) is 13.0. The highest BCUT2D eigenvalue weighted by Crippen LogP contribution is 2.16. The van der Waals surface area contributed by atoms with Crippen LogP contribution in [-0.2, 0) is 13.1 Å². The van der Waals surface area contributed by atoms with Crippen molar-refractivity contribution in [2.75, 3.05) is 24.6 Å². The molecule has 18 heavy (non-hydrogen) atoms. The van der Waals surface area contributed by atoms with E-state index in [4.69, 9.17) is 4.98 Å². The fraction of sp³-hybridized carbons (Fsp3) is 0.769. The number of hydrogen-bond donors (Lipinski definition) is 1. The molecule has 0 saturated carbocycles. The van der Waals surface area contributed by atoms with Crippen molar-refractivity contribution in [2.45, 2.75) is 39.4 Å². The summed E-state index contributed by atoms with van der Waals surface area (Å²) >= 11 is 3.83. The van der Waals surface area contributed by atoms with E-state index in [0.29, 0.717) is 0 Å². The second-order valence-corrected chi connectivity index (χ2v) is 7.89. The smallest absolute Gasteiger partial charge is 0.107 e. The molecule has 5 heteroatoms. The van der Waals surface area contributed by atoms with Crippen LogP contribution in [0.3, 0.4) is 0 Å². The average molecular weight is 285 g/mol. The van der Waals surface area contributed by atoms with Crippen LogP contribution >= 0.6 is 23.1 Å². The summed E-state index contributed by atoms with van der Waals surface area (Å²) in [4.78, 5) is 7.22. The van der Waals surface area contributed by atoms with Gasteiger partial charge in [-0.15, -0.1) is 11.3 Å². The molecular formula is C13H23N3S2. The summed E-state index contributed by atoms with van der Waals surface area (Å²) in [5.74, 6) is 2.53. The zero-order valence-corrected chi connectivity index (χ0v) is 13.2. The first kappa shape index (κ1) is 14.3. The minimum Gasteiger partial charge on any atom is -0.306 e. The van der Waals surface area contributed by atoms with Crippen molar-refractivity contribution in [3.05, 3.63) is 16.1 Å². The summed E-state index contributed by atoms with van der Waals surface area (Å²) in [6.45, 7) is 10.9. The SMILES string of the molecule is CC(C)(C)NCc1nc(CN2CCSCC2)cs1. The monoisotopic (exact) mass is 285 g/mol. The van der Waals surface area contributed by atoms with E-state index in [1.165, 1.54) is 35.3 Å². The molecule has 2 heterocycles.